The summed E-state index contributed by atoms with van der Waals surface area (Å²) in [5.41, 5.74) is 0. The molecule has 3 heteroatoms. The lowest BCUT2D eigenvalue weighted by Crippen LogP contribution is -1.93. The molecule has 0 unspecified atom stereocenters. The number of aldehydes is 1. The third-order valence-electron chi connectivity index (χ3n) is 0.598. The summed E-state index contributed by atoms with van der Waals surface area (Å²) in [4.78, 5) is 29.8. The third kappa shape index (κ3) is 4.61. The van der Waals surface area contributed by atoms with E-state index in [-0.39, 0.29) is 12.1 Å². The maximum absolute atomic E-state index is 10.1. The molecule has 0 radical (unpaired) electrons. The van der Waals surface area contributed by atoms with E-state index in [0.717, 1.165) is 12.2 Å². The predicted octanol–water partition coefficient (Wildman–Crippen LogP) is -0.100. The first-order chi connectivity index (χ1) is 4.16. The molecular formula is C6H6O3. The monoisotopic (exact) mass is 126 g/mol. The molecule has 0 aliphatic heterocycles. The topological polar surface area (TPSA) is 51.2 Å². The van der Waals surface area contributed by atoms with Gasteiger partial charge < -0.3 is 0 Å². The molecule has 0 saturated heterocycles. The Balaban J connectivity index is 3.85. The predicted molar refractivity (Wildman–Crippen MR) is 30.9 cm³/mol. The van der Waals surface area contributed by atoms with Gasteiger partial charge in [-0.05, 0) is 19.1 Å². The van der Waals surface area contributed by atoms with Crippen molar-refractivity contribution in [3.05, 3.63) is 12.2 Å². The lowest BCUT2D eigenvalue weighted by atomic mass is 10.3. The van der Waals surface area contributed by atoms with E-state index in [9.17, 15) is 14.4 Å². The number of carbonyl (C=O) groups excluding carboxylic acids is 3. The molecule has 0 amide bonds. The smallest absolute Gasteiger partial charge is 0.218 e. The highest BCUT2D eigenvalue weighted by atomic mass is 16.2. The molecule has 0 aliphatic carbocycles. The first-order valence-electron chi connectivity index (χ1n) is 2.34. The third-order valence-corrected chi connectivity index (χ3v) is 0.598. The van der Waals surface area contributed by atoms with Crippen molar-refractivity contribution < 1.29 is 14.4 Å². The van der Waals surface area contributed by atoms with E-state index in [0.29, 0.717) is 0 Å². The van der Waals surface area contributed by atoms with Crippen LogP contribution in [0.1, 0.15) is 6.92 Å². The minimum Gasteiger partial charge on any atom is -0.295 e. The number of hydrogen-bond donors (Lipinski definition) is 0. The van der Waals surface area contributed by atoms with Crippen LogP contribution in [0.25, 0.3) is 0 Å². The van der Waals surface area contributed by atoms with Crippen LogP contribution in [0, 0.1) is 0 Å². The van der Waals surface area contributed by atoms with Crippen molar-refractivity contribution in [2.24, 2.45) is 0 Å². The fourth-order valence-electron chi connectivity index (χ4n) is 0.239. The molecule has 0 aromatic carbocycles. The van der Waals surface area contributed by atoms with Crippen LogP contribution in [-0.4, -0.2) is 17.9 Å². The van der Waals surface area contributed by atoms with Crippen molar-refractivity contribution in [2.45, 2.75) is 6.92 Å². The van der Waals surface area contributed by atoms with Gasteiger partial charge in [0.2, 0.25) is 5.78 Å². The SMILES string of the molecule is CC(=O)/C=C\C(=O)C=O. The molecular weight excluding hydrogens is 120 g/mol. The van der Waals surface area contributed by atoms with Gasteiger partial charge in [0.25, 0.3) is 0 Å². The molecule has 9 heavy (non-hydrogen) atoms. The summed E-state index contributed by atoms with van der Waals surface area (Å²) in [5, 5.41) is 0. The van der Waals surface area contributed by atoms with Gasteiger partial charge in [0.15, 0.2) is 12.1 Å². The van der Waals surface area contributed by atoms with Crippen LogP contribution in [0.2, 0.25) is 0 Å². The van der Waals surface area contributed by atoms with E-state index in [2.05, 4.69) is 0 Å². The highest BCUT2D eigenvalue weighted by Gasteiger charge is 1.89. The highest BCUT2D eigenvalue weighted by Crippen LogP contribution is 1.74. The molecule has 0 rings (SSSR count). The van der Waals surface area contributed by atoms with E-state index >= 15 is 0 Å². The van der Waals surface area contributed by atoms with E-state index < -0.39 is 5.78 Å². The lowest BCUT2D eigenvalue weighted by Gasteiger charge is -1.74. The van der Waals surface area contributed by atoms with Gasteiger partial charge >= 0.3 is 0 Å². The van der Waals surface area contributed by atoms with E-state index in [1.807, 2.05) is 0 Å². The molecule has 0 aromatic rings. The number of rotatable bonds is 3. The Hall–Kier alpha value is -1.25. The summed E-state index contributed by atoms with van der Waals surface area (Å²) in [5.74, 6) is -0.935. The van der Waals surface area contributed by atoms with Crippen molar-refractivity contribution in [2.75, 3.05) is 0 Å². The van der Waals surface area contributed by atoms with Gasteiger partial charge in [-0.1, -0.05) is 0 Å². The summed E-state index contributed by atoms with van der Waals surface area (Å²) in [6, 6.07) is 0. The van der Waals surface area contributed by atoms with Crippen molar-refractivity contribution in [1.29, 1.82) is 0 Å². The van der Waals surface area contributed by atoms with Gasteiger partial charge in [0.05, 0.1) is 0 Å². The average Bonchev–Trinajstić information content (AvgIpc) is 1.83. The molecule has 0 saturated carbocycles. The first kappa shape index (κ1) is 7.75. The van der Waals surface area contributed by atoms with Crippen LogP contribution in [0.15, 0.2) is 12.2 Å². The fourth-order valence-corrected chi connectivity index (χ4v) is 0.239. The molecule has 3 nitrogen and oxygen atoms in total. The van der Waals surface area contributed by atoms with Gasteiger partial charge in [-0.15, -0.1) is 0 Å². The van der Waals surface area contributed by atoms with Gasteiger partial charge in [-0.3, -0.25) is 14.4 Å². The first-order valence-corrected chi connectivity index (χ1v) is 2.34. The molecule has 48 valence electrons. The molecule has 0 spiro atoms. The molecule has 0 atom stereocenters. The molecule has 0 N–H and O–H groups in total. The van der Waals surface area contributed by atoms with Crippen molar-refractivity contribution >= 4 is 17.9 Å². The Morgan fingerprint density at radius 3 is 2.11 bits per heavy atom. The second-order valence-corrected chi connectivity index (χ2v) is 1.46. The Labute approximate surface area is 52.4 Å². The maximum atomic E-state index is 10.1. The number of hydrogen-bond acceptors (Lipinski definition) is 3. The van der Waals surface area contributed by atoms with Crippen LogP contribution in [0.3, 0.4) is 0 Å². The normalized spacial score (nSPS) is 9.44. The molecule has 0 heterocycles. The van der Waals surface area contributed by atoms with Crippen LogP contribution in [0.5, 0.6) is 0 Å². The largest absolute Gasteiger partial charge is 0.295 e. The van der Waals surface area contributed by atoms with Crippen LogP contribution in [0.4, 0.5) is 0 Å². The summed E-state index contributed by atoms with van der Waals surface area (Å²) >= 11 is 0. The van der Waals surface area contributed by atoms with Gasteiger partial charge in [0, 0.05) is 0 Å². The zero-order chi connectivity index (χ0) is 7.28. The lowest BCUT2D eigenvalue weighted by molar-refractivity contribution is -0.126. The van der Waals surface area contributed by atoms with Crippen molar-refractivity contribution in [1.82, 2.24) is 0 Å². The standard InChI is InChI=1S/C6H6O3/c1-5(8)2-3-6(9)4-7/h2-4H,1H3/b3-2-. The zero-order valence-electron chi connectivity index (χ0n) is 4.96. The Kier molecular flexibility index (Phi) is 3.20. The highest BCUT2D eigenvalue weighted by molar-refractivity contribution is 6.31. The summed E-state index contributed by atoms with van der Waals surface area (Å²) in [7, 11) is 0. The Morgan fingerprint density at radius 2 is 1.78 bits per heavy atom. The second kappa shape index (κ2) is 3.72. The summed E-state index contributed by atoms with van der Waals surface area (Å²) in [6.45, 7) is 1.30. The fraction of sp³-hybridized carbons (Fsp3) is 0.167. The number of carbonyl (C=O) groups is 3. The molecule has 0 fully saturated rings. The van der Waals surface area contributed by atoms with E-state index in [1.54, 1.807) is 0 Å². The van der Waals surface area contributed by atoms with Crippen LogP contribution < -0.4 is 0 Å². The maximum Gasteiger partial charge on any atom is 0.218 e. The molecule has 0 bridgehead atoms. The minimum absolute atomic E-state index is 0.152. The van der Waals surface area contributed by atoms with Gasteiger partial charge in [0.1, 0.15) is 0 Å². The molecule has 0 aliphatic rings. The van der Waals surface area contributed by atoms with Crippen LogP contribution >= 0.6 is 0 Å². The number of allylic oxidation sites excluding steroid dienone is 2. The zero-order valence-corrected chi connectivity index (χ0v) is 4.96. The second-order valence-electron chi connectivity index (χ2n) is 1.46. The van der Waals surface area contributed by atoms with Crippen molar-refractivity contribution in [3.63, 3.8) is 0 Å². The molecule has 0 aromatic heterocycles. The summed E-state index contributed by atoms with van der Waals surface area (Å²) < 4.78 is 0. The Morgan fingerprint density at radius 1 is 1.22 bits per heavy atom. The minimum atomic E-state index is -0.690. The summed E-state index contributed by atoms with van der Waals surface area (Å²) in [6.07, 6.45) is 2.14. The van der Waals surface area contributed by atoms with Crippen LogP contribution in [-0.2, 0) is 14.4 Å². The van der Waals surface area contributed by atoms with E-state index in [4.69, 9.17) is 0 Å². The quantitative estimate of drug-likeness (QED) is 0.301. The van der Waals surface area contributed by atoms with Crippen molar-refractivity contribution in [3.8, 4) is 0 Å². The average molecular weight is 126 g/mol. The van der Waals surface area contributed by atoms with Gasteiger partial charge in [-0.2, -0.15) is 0 Å². The van der Waals surface area contributed by atoms with Gasteiger partial charge in [-0.25, -0.2) is 0 Å². The van der Waals surface area contributed by atoms with E-state index in [1.165, 1.54) is 6.92 Å². The Bertz CT molecular complexity index is 167. The number of ketones is 2.